The van der Waals surface area contributed by atoms with E-state index in [0.717, 1.165) is 3.57 Å². The van der Waals surface area contributed by atoms with Gasteiger partial charge < -0.3 is 4.74 Å². The standard InChI is InChI=1S/C9H9Cl2IO/c1-5(2)13-9-4-8(12)6(10)3-7(9)11/h3-5H,1-2H3. The third-order valence-corrected chi connectivity index (χ3v) is 3.16. The second kappa shape index (κ2) is 4.71. The van der Waals surface area contributed by atoms with E-state index < -0.39 is 0 Å². The molecule has 1 nitrogen and oxygen atoms in total. The van der Waals surface area contributed by atoms with Crippen LogP contribution in [0.1, 0.15) is 13.8 Å². The molecule has 0 heterocycles. The van der Waals surface area contributed by atoms with Gasteiger partial charge in [0.1, 0.15) is 5.75 Å². The highest BCUT2D eigenvalue weighted by Gasteiger charge is 2.07. The van der Waals surface area contributed by atoms with Crippen molar-refractivity contribution >= 4 is 45.8 Å². The van der Waals surface area contributed by atoms with E-state index in [0.29, 0.717) is 15.8 Å². The molecule has 0 saturated carbocycles. The highest BCUT2D eigenvalue weighted by atomic mass is 127. The van der Waals surface area contributed by atoms with Crippen LogP contribution < -0.4 is 4.74 Å². The van der Waals surface area contributed by atoms with Crippen LogP contribution in [0, 0.1) is 3.57 Å². The van der Waals surface area contributed by atoms with Crippen molar-refractivity contribution < 1.29 is 4.74 Å². The van der Waals surface area contributed by atoms with Crippen LogP contribution in [0.3, 0.4) is 0 Å². The number of rotatable bonds is 2. The zero-order valence-electron chi connectivity index (χ0n) is 7.27. The van der Waals surface area contributed by atoms with Crippen LogP contribution in [0.2, 0.25) is 10.0 Å². The minimum Gasteiger partial charge on any atom is -0.489 e. The van der Waals surface area contributed by atoms with Crippen molar-refractivity contribution in [1.82, 2.24) is 0 Å². The van der Waals surface area contributed by atoms with Crippen molar-refractivity contribution in [3.8, 4) is 5.75 Å². The number of halogens is 3. The Bertz CT molecular complexity index is 313. The van der Waals surface area contributed by atoms with Crippen LogP contribution >= 0.6 is 45.8 Å². The zero-order chi connectivity index (χ0) is 10.0. The number of hydrogen-bond acceptors (Lipinski definition) is 1. The Kier molecular flexibility index (Phi) is 4.13. The molecule has 0 saturated heterocycles. The molecule has 0 aromatic heterocycles. The molecule has 0 spiro atoms. The molecular formula is C9H9Cl2IO. The first-order chi connectivity index (χ1) is 6.00. The van der Waals surface area contributed by atoms with Gasteiger partial charge in [0.15, 0.2) is 0 Å². The van der Waals surface area contributed by atoms with Crippen molar-refractivity contribution in [2.75, 3.05) is 0 Å². The van der Waals surface area contributed by atoms with E-state index in [-0.39, 0.29) is 6.10 Å². The van der Waals surface area contributed by atoms with Gasteiger partial charge in [-0.25, -0.2) is 0 Å². The second-order valence-electron chi connectivity index (χ2n) is 2.86. The maximum atomic E-state index is 5.93. The molecule has 0 aliphatic heterocycles. The van der Waals surface area contributed by atoms with Gasteiger partial charge in [-0.1, -0.05) is 23.2 Å². The van der Waals surface area contributed by atoms with Crippen molar-refractivity contribution in [1.29, 1.82) is 0 Å². The lowest BCUT2D eigenvalue weighted by Gasteiger charge is -2.11. The summed E-state index contributed by atoms with van der Waals surface area (Å²) in [4.78, 5) is 0. The summed E-state index contributed by atoms with van der Waals surface area (Å²) in [5, 5.41) is 1.21. The van der Waals surface area contributed by atoms with Crippen LogP contribution in [0.4, 0.5) is 0 Å². The Morgan fingerprint density at radius 3 is 2.38 bits per heavy atom. The molecule has 0 aliphatic rings. The molecule has 0 atom stereocenters. The maximum Gasteiger partial charge on any atom is 0.139 e. The van der Waals surface area contributed by atoms with Gasteiger partial charge in [0.2, 0.25) is 0 Å². The molecule has 0 radical (unpaired) electrons. The van der Waals surface area contributed by atoms with Gasteiger partial charge in [-0.3, -0.25) is 0 Å². The zero-order valence-corrected chi connectivity index (χ0v) is 10.9. The summed E-state index contributed by atoms with van der Waals surface area (Å²) < 4.78 is 6.43. The summed E-state index contributed by atoms with van der Waals surface area (Å²) in [7, 11) is 0. The summed E-state index contributed by atoms with van der Waals surface area (Å²) in [6.45, 7) is 3.91. The number of hydrogen-bond donors (Lipinski definition) is 0. The highest BCUT2D eigenvalue weighted by molar-refractivity contribution is 14.1. The fourth-order valence-corrected chi connectivity index (χ4v) is 1.71. The predicted molar refractivity (Wildman–Crippen MR) is 64.9 cm³/mol. The van der Waals surface area contributed by atoms with E-state index in [2.05, 4.69) is 22.6 Å². The molecule has 0 bridgehead atoms. The van der Waals surface area contributed by atoms with Gasteiger partial charge in [0.25, 0.3) is 0 Å². The molecular weight excluding hydrogens is 322 g/mol. The quantitative estimate of drug-likeness (QED) is 0.577. The summed E-state index contributed by atoms with van der Waals surface area (Å²) in [5.41, 5.74) is 0. The van der Waals surface area contributed by atoms with Crippen molar-refractivity contribution in [2.24, 2.45) is 0 Å². The Labute approximate surface area is 102 Å². The normalized spacial score (nSPS) is 10.6. The first-order valence-corrected chi connectivity index (χ1v) is 5.65. The fraction of sp³-hybridized carbons (Fsp3) is 0.333. The average Bonchev–Trinajstić information content (AvgIpc) is 1.99. The summed E-state index contributed by atoms with van der Waals surface area (Å²) in [6.07, 6.45) is 0.120. The van der Waals surface area contributed by atoms with Crippen molar-refractivity contribution in [3.05, 3.63) is 25.7 Å². The van der Waals surface area contributed by atoms with E-state index >= 15 is 0 Å². The van der Waals surface area contributed by atoms with Gasteiger partial charge in [-0.2, -0.15) is 0 Å². The summed E-state index contributed by atoms with van der Waals surface area (Å²) >= 11 is 14.0. The first-order valence-electron chi connectivity index (χ1n) is 3.82. The average molecular weight is 331 g/mol. The lowest BCUT2D eigenvalue weighted by molar-refractivity contribution is 0.242. The molecule has 0 amide bonds. The van der Waals surface area contributed by atoms with Crippen LogP contribution in [-0.4, -0.2) is 6.10 Å². The third-order valence-electron chi connectivity index (χ3n) is 1.34. The first kappa shape index (κ1) is 11.4. The lowest BCUT2D eigenvalue weighted by atomic mass is 10.3. The molecule has 0 unspecified atom stereocenters. The van der Waals surface area contributed by atoms with Crippen molar-refractivity contribution in [3.63, 3.8) is 0 Å². The molecule has 0 N–H and O–H groups in total. The Morgan fingerprint density at radius 1 is 1.23 bits per heavy atom. The molecule has 4 heteroatoms. The SMILES string of the molecule is CC(C)Oc1cc(I)c(Cl)cc1Cl. The topological polar surface area (TPSA) is 9.23 Å². The Balaban J connectivity index is 3.01. The number of benzene rings is 1. The van der Waals surface area contributed by atoms with E-state index in [9.17, 15) is 0 Å². The van der Waals surface area contributed by atoms with Crippen LogP contribution in [0.25, 0.3) is 0 Å². The van der Waals surface area contributed by atoms with E-state index in [1.807, 2.05) is 19.9 Å². The molecule has 72 valence electrons. The maximum absolute atomic E-state index is 5.93. The summed E-state index contributed by atoms with van der Waals surface area (Å²) in [6, 6.07) is 3.54. The molecule has 0 aliphatic carbocycles. The smallest absolute Gasteiger partial charge is 0.139 e. The molecule has 0 fully saturated rings. The summed E-state index contributed by atoms with van der Waals surface area (Å²) in [5.74, 6) is 0.686. The Morgan fingerprint density at radius 2 is 1.85 bits per heavy atom. The van der Waals surface area contributed by atoms with Crippen molar-refractivity contribution in [2.45, 2.75) is 20.0 Å². The Hall–Kier alpha value is 0.330. The monoisotopic (exact) mass is 330 g/mol. The van der Waals surface area contributed by atoms with Gasteiger partial charge in [0.05, 0.1) is 16.1 Å². The van der Waals surface area contributed by atoms with Crippen LogP contribution in [-0.2, 0) is 0 Å². The van der Waals surface area contributed by atoms with E-state index in [4.69, 9.17) is 27.9 Å². The van der Waals surface area contributed by atoms with Gasteiger partial charge in [0, 0.05) is 3.57 Å². The minimum absolute atomic E-state index is 0.120. The third kappa shape index (κ3) is 3.18. The van der Waals surface area contributed by atoms with Gasteiger partial charge in [-0.15, -0.1) is 0 Å². The van der Waals surface area contributed by atoms with Crippen LogP contribution in [0.5, 0.6) is 5.75 Å². The molecule has 1 aromatic carbocycles. The lowest BCUT2D eigenvalue weighted by Crippen LogP contribution is -2.06. The molecule has 1 rings (SSSR count). The van der Waals surface area contributed by atoms with Gasteiger partial charge >= 0.3 is 0 Å². The second-order valence-corrected chi connectivity index (χ2v) is 4.84. The minimum atomic E-state index is 0.120. The number of ether oxygens (including phenoxy) is 1. The fourth-order valence-electron chi connectivity index (χ4n) is 0.849. The molecule has 1 aromatic rings. The largest absolute Gasteiger partial charge is 0.489 e. The van der Waals surface area contributed by atoms with E-state index in [1.165, 1.54) is 0 Å². The highest BCUT2D eigenvalue weighted by Crippen LogP contribution is 2.32. The van der Waals surface area contributed by atoms with Gasteiger partial charge in [-0.05, 0) is 48.6 Å². The predicted octanol–water partition coefficient (Wildman–Crippen LogP) is 4.39. The van der Waals surface area contributed by atoms with Crippen LogP contribution in [0.15, 0.2) is 12.1 Å². The van der Waals surface area contributed by atoms with E-state index in [1.54, 1.807) is 6.07 Å². The molecule has 13 heavy (non-hydrogen) atoms.